The van der Waals surface area contributed by atoms with Crippen LogP contribution in [0.1, 0.15) is 25.7 Å². The highest BCUT2D eigenvalue weighted by atomic mass is 15.2. The number of anilines is 2. The van der Waals surface area contributed by atoms with Gasteiger partial charge in [0.05, 0.1) is 0 Å². The summed E-state index contributed by atoms with van der Waals surface area (Å²) in [6.45, 7) is 1.07. The molecule has 1 heterocycles. The Bertz CT molecular complexity index is 418. The van der Waals surface area contributed by atoms with Crippen molar-refractivity contribution in [1.29, 1.82) is 0 Å². The predicted molar refractivity (Wildman–Crippen MR) is 73.8 cm³/mol. The zero-order chi connectivity index (χ0) is 12.5. The maximum absolute atomic E-state index is 4.50. The highest BCUT2D eigenvalue weighted by Crippen LogP contribution is 2.48. The second-order valence-corrected chi connectivity index (χ2v) is 5.95. The van der Waals surface area contributed by atoms with Crippen molar-refractivity contribution in [3.05, 3.63) is 12.3 Å². The van der Waals surface area contributed by atoms with Crippen molar-refractivity contribution in [2.45, 2.75) is 25.7 Å². The summed E-state index contributed by atoms with van der Waals surface area (Å²) in [6.07, 6.45) is 7.64. The smallest absolute Gasteiger partial charge is 0.226 e. The molecular formula is C14H22N4. The minimum absolute atomic E-state index is 0.771. The summed E-state index contributed by atoms with van der Waals surface area (Å²) in [6, 6.07) is 1.96. The molecule has 3 atom stereocenters. The fourth-order valence-electron chi connectivity index (χ4n) is 3.52. The molecule has 1 N–H and O–H groups in total. The number of rotatable bonds is 4. The molecule has 0 amide bonds. The Morgan fingerprint density at radius 3 is 2.89 bits per heavy atom. The summed E-state index contributed by atoms with van der Waals surface area (Å²) in [5.74, 6) is 4.58. The lowest BCUT2D eigenvalue weighted by molar-refractivity contribution is 0.348. The highest BCUT2D eigenvalue weighted by Gasteiger charge is 2.39. The monoisotopic (exact) mass is 246 g/mol. The summed E-state index contributed by atoms with van der Waals surface area (Å²) in [7, 11) is 3.93. The molecule has 1 aromatic rings. The SMILES string of the molecule is CN(C)c1nccc(NCC2CC3CCC2C3)n1. The van der Waals surface area contributed by atoms with Gasteiger partial charge < -0.3 is 10.2 Å². The first kappa shape index (κ1) is 11.8. The molecule has 2 bridgehead atoms. The fourth-order valence-corrected chi connectivity index (χ4v) is 3.52. The van der Waals surface area contributed by atoms with Crippen LogP contribution in [0.5, 0.6) is 0 Å². The van der Waals surface area contributed by atoms with E-state index >= 15 is 0 Å². The number of hydrogen-bond donors (Lipinski definition) is 1. The van der Waals surface area contributed by atoms with Crippen molar-refractivity contribution in [2.75, 3.05) is 30.9 Å². The maximum atomic E-state index is 4.50. The molecule has 2 aliphatic carbocycles. The van der Waals surface area contributed by atoms with Crippen LogP contribution in [0.2, 0.25) is 0 Å². The molecule has 1 aromatic heterocycles. The largest absolute Gasteiger partial charge is 0.370 e. The molecule has 0 saturated heterocycles. The lowest BCUT2D eigenvalue weighted by Gasteiger charge is -2.22. The van der Waals surface area contributed by atoms with Crippen molar-refractivity contribution in [2.24, 2.45) is 17.8 Å². The molecule has 0 aliphatic heterocycles. The van der Waals surface area contributed by atoms with Gasteiger partial charge in [-0.05, 0) is 43.1 Å². The number of nitrogens with one attached hydrogen (secondary N) is 1. The molecule has 0 aromatic carbocycles. The molecule has 18 heavy (non-hydrogen) atoms. The van der Waals surface area contributed by atoms with Gasteiger partial charge in [-0.25, -0.2) is 4.98 Å². The molecule has 2 saturated carbocycles. The Hall–Kier alpha value is -1.32. The van der Waals surface area contributed by atoms with Crippen molar-refractivity contribution in [3.8, 4) is 0 Å². The van der Waals surface area contributed by atoms with Crippen molar-refractivity contribution in [3.63, 3.8) is 0 Å². The average Bonchev–Trinajstić information content (AvgIpc) is 2.99. The quantitative estimate of drug-likeness (QED) is 0.885. The lowest BCUT2D eigenvalue weighted by Crippen LogP contribution is -2.21. The van der Waals surface area contributed by atoms with E-state index in [1.165, 1.54) is 25.7 Å². The van der Waals surface area contributed by atoms with Crippen LogP contribution in [0.25, 0.3) is 0 Å². The first-order valence-corrected chi connectivity index (χ1v) is 6.96. The first-order chi connectivity index (χ1) is 8.72. The van der Waals surface area contributed by atoms with E-state index in [1.54, 1.807) is 0 Å². The van der Waals surface area contributed by atoms with E-state index in [4.69, 9.17) is 0 Å². The molecule has 2 aliphatic rings. The van der Waals surface area contributed by atoms with Gasteiger partial charge in [-0.2, -0.15) is 4.98 Å². The van der Waals surface area contributed by atoms with Gasteiger partial charge in [-0.15, -0.1) is 0 Å². The van der Waals surface area contributed by atoms with Crippen LogP contribution in [0.3, 0.4) is 0 Å². The number of fused-ring (bicyclic) bond motifs is 2. The minimum atomic E-state index is 0.771. The Kier molecular flexibility index (Phi) is 3.10. The second-order valence-electron chi connectivity index (χ2n) is 5.95. The molecular weight excluding hydrogens is 224 g/mol. The third-order valence-electron chi connectivity index (χ3n) is 4.47. The van der Waals surface area contributed by atoms with Crippen molar-refractivity contribution >= 4 is 11.8 Å². The Morgan fingerprint density at radius 2 is 2.22 bits per heavy atom. The molecule has 0 radical (unpaired) electrons. The van der Waals surface area contributed by atoms with Crippen LogP contribution < -0.4 is 10.2 Å². The number of aromatic nitrogens is 2. The van der Waals surface area contributed by atoms with E-state index in [2.05, 4.69) is 15.3 Å². The third kappa shape index (κ3) is 2.28. The maximum Gasteiger partial charge on any atom is 0.226 e. The second kappa shape index (κ2) is 4.75. The van der Waals surface area contributed by atoms with E-state index in [0.29, 0.717) is 0 Å². The Labute approximate surface area is 109 Å². The number of nitrogens with zero attached hydrogens (tertiary/aromatic N) is 3. The third-order valence-corrected chi connectivity index (χ3v) is 4.47. The van der Waals surface area contributed by atoms with Gasteiger partial charge >= 0.3 is 0 Å². The number of hydrogen-bond acceptors (Lipinski definition) is 4. The summed E-state index contributed by atoms with van der Waals surface area (Å²) < 4.78 is 0. The van der Waals surface area contributed by atoms with Gasteiger partial charge in [0.25, 0.3) is 0 Å². The van der Waals surface area contributed by atoms with E-state index in [1.807, 2.05) is 31.3 Å². The summed E-state index contributed by atoms with van der Waals surface area (Å²) in [5.41, 5.74) is 0. The summed E-state index contributed by atoms with van der Waals surface area (Å²) in [4.78, 5) is 10.7. The topological polar surface area (TPSA) is 41.1 Å². The van der Waals surface area contributed by atoms with Crippen LogP contribution in [0.15, 0.2) is 12.3 Å². The average molecular weight is 246 g/mol. The lowest BCUT2D eigenvalue weighted by atomic mass is 9.89. The summed E-state index contributed by atoms with van der Waals surface area (Å²) in [5, 5.41) is 3.49. The Balaban J connectivity index is 1.58. The van der Waals surface area contributed by atoms with E-state index in [-0.39, 0.29) is 0 Å². The van der Waals surface area contributed by atoms with Crippen LogP contribution in [0.4, 0.5) is 11.8 Å². The van der Waals surface area contributed by atoms with Gasteiger partial charge in [-0.1, -0.05) is 6.42 Å². The van der Waals surface area contributed by atoms with Crippen molar-refractivity contribution < 1.29 is 0 Å². The zero-order valence-electron chi connectivity index (χ0n) is 11.3. The predicted octanol–water partition coefficient (Wildman–Crippen LogP) is 2.39. The highest BCUT2D eigenvalue weighted by molar-refractivity contribution is 5.40. The van der Waals surface area contributed by atoms with Gasteiger partial charge in [0, 0.05) is 26.8 Å². The normalized spacial score (nSPS) is 29.6. The van der Waals surface area contributed by atoms with Crippen LogP contribution in [-0.2, 0) is 0 Å². The summed E-state index contributed by atoms with van der Waals surface area (Å²) >= 11 is 0. The molecule has 2 fully saturated rings. The van der Waals surface area contributed by atoms with Crippen molar-refractivity contribution in [1.82, 2.24) is 9.97 Å². The van der Waals surface area contributed by atoms with Crippen LogP contribution in [0, 0.1) is 17.8 Å². The Morgan fingerprint density at radius 1 is 1.33 bits per heavy atom. The zero-order valence-corrected chi connectivity index (χ0v) is 11.3. The molecule has 4 heteroatoms. The molecule has 98 valence electrons. The molecule has 0 spiro atoms. The van der Waals surface area contributed by atoms with Gasteiger partial charge in [0.2, 0.25) is 5.95 Å². The molecule has 4 nitrogen and oxygen atoms in total. The standard InChI is InChI=1S/C14H22N4/c1-18(2)14-15-6-5-13(17-14)16-9-12-8-10-3-4-11(12)7-10/h5-6,10-12H,3-4,7-9H2,1-2H3,(H,15,16,17). The van der Waals surface area contributed by atoms with Gasteiger partial charge in [0.1, 0.15) is 5.82 Å². The van der Waals surface area contributed by atoms with Gasteiger partial charge in [-0.3, -0.25) is 0 Å². The molecule has 3 rings (SSSR count). The minimum Gasteiger partial charge on any atom is -0.370 e. The van der Waals surface area contributed by atoms with E-state index in [9.17, 15) is 0 Å². The van der Waals surface area contributed by atoms with E-state index < -0.39 is 0 Å². The van der Waals surface area contributed by atoms with Gasteiger partial charge in [0.15, 0.2) is 0 Å². The van der Waals surface area contributed by atoms with Crippen LogP contribution >= 0.6 is 0 Å². The first-order valence-electron chi connectivity index (χ1n) is 6.96. The molecule has 3 unspecified atom stereocenters. The van der Waals surface area contributed by atoms with Crippen LogP contribution in [-0.4, -0.2) is 30.6 Å². The fraction of sp³-hybridized carbons (Fsp3) is 0.714. The van der Waals surface area contributed by atoms with E-state index in [0.717, 1.165) is 36.1 Å².